The Balaban J connectivity index is 0.000000180. The van der Waals surface area contributed by atoms with Crippen molar-refractivity contribution < 1.29 is 30.0 Å². The molecule has 0 spiro atoms. The fourth-order valence-electron chi connectivity index (χ4n) is 2.25. The zero-order valence-corrected chi connectivity index (χ0v) is 16.4. The maximum atomic E-state index is 10.6. The molecular formula is C20H16IrN3O2-. The van der Waals surface area contributed by atoms with Crippen LogP contribution in [0.2, 0.25) is 0 Å². The van der Waals surface area contributed by atoms with Crippen molar-refractivity contribution in [3.05, 3.63) is 90.5 Å². The van der Waals surface area contributed by atoms with Crippen LogP contribution in [0.3, 0.4) is 0 Å². The van der Waals surface area contributed by atoms with Crippen LogP contribution in [-0.4, -0.2) is 25.8 Å². The van der Waals surface area contributed by atoms with Gasteiger partial charge in [0.1, 0.15) is 5.69 Å². The van der Waals surface area contributed by atoms with Gasteiger partial charge in [0, 0.05) is 44.1 Å². The summed E-state index contributed by atoms with van der Waals surface area (Å²) in [5, 5.41) is 14.6. The molecule has 2 heterocycles. The van der Waals surface area contributed by atoms with Crippen molar-refractivity contribution in [3.63, 3.8) is 0 Å². The van der Waals surface area contributed by atoms with Crippen LogP contribution in [-0.2, 0) is 20.1 Å². The SMILES string of the molecule is Cc1c[c-]c(-n2cccn2)cc1.O=C(O)c1cc2ccccc2cn1.[Ir]. The second kappa shape index (κ2) is 9.04. The summed E-state index contributed by atoms with van der Waals surface area (Å²) in [6, 6.07) is 20.1. The molecule has 133 valence electrons. The van der Waals surface area contributed by atoms with Gasteiger partial charge in [-0.25, -0.2) is 9.78 Å². The molecule has 0 saturated heterocycles. The third-order valence-electron chi connectivity index (χ3n) is 3.55. The minimum atomic E-state index is -0.995. The van der Waals surface area contributed by atoms with E-state index >= 15 is 0 Å². The van der Waals surface area contributed by atoms with Crippen molar-refractivity contribution in [2.75, 3.05) is 0 Å². The number of fused-ring (bicyclic) bond motifs is 1. The molecule has 2 aromatic carbocycles. The van der Waals surface area contributed by atoms with Gasteiger partial charge in [-0.1, -0.05) is 31.2 Å². The summed E-state index contributed by atoms with van der Waals surface area (Å²) in [5.41, 5.74) is 2.27. The number of aromatic carboxylic acids is 1. The Kier molecular flexibility index (Phi) is 6.78. The van der Waals surface area contributed by atoms with Gasteiger partial charge < -0.3 is 5.11 Å². The summed E-state index contributed by atoms with van der Waals surface area (Å²) < 4.78 is 1.79. The Morgan fingerprint density at radius 3 is 2.50 bits per heavy atom. The first kappa shape index (κ1) is 19.5. The minimum absolute atomic E-state index is 0. The molecule has 0 atom stereocenters. The number of aryl methyl sites for hydroxylation is 1. The second-order valence-corrected chi connectivity index (χ2v) is 5.42. The Morgan fingerprint density at radius 2 is 1.88 bits per heavy atom. The fraction of sp³-hybridized carbons (Fsp3) is 0.0500. The van der Waals surface area contributed by atoms with Crippen molar-refractivity contribution in [1.29, 1.82) is 0 Å². The second-order valence-electron chi connectivity index (χ2n) is 5.42. The zero-order valence-electron chi connectivity index (χ0n) is 14.0. The normalized spacial score (nSPS) is 9.73. The first-order valence-electron chi connectivity index (χ1n) is 7.70. The smallest absolute Gasteiger partial charge is 0.354 e. The Labute approximate surface area is 164 Å². The van der Waals surface area contributed by atoms with Crippen LogP contribution in [0, 0.1) is 13.0 Å². The van der Waals surface area contributed by atoms with E-state index in [0.717, 1.165) is 16.5 Å². The maximum absolute atomic E-state index is 10.6. The number of benzene rings is 2. The van der Waals surface area contributed by atoms with E-state index in [1.807, 2.05) is 61.7 Å². The number of aromatic nitrogens is 3. The third-order valence-corrected chi connectivity index (χ3v) is 3.55. The van der Waals surface area contributed by atoms with Crippen LogP contribution >= 0.6 is 0 Å². The first-order valence-corrected chi connectivity index (χ1v) is 7.70. The molecule has 0 unspecified atom stereocenters. The van der Waals surface area contributed by atoms with Gasteiger partial charge in [-0.3, -0.25) is 4.68 Å². The topological polar surface area (TPSA) is 68.0 Å². The molecule has 26 heavy (non-hydrogen) atoms. The molecule has 0 aliphatic rings. The number of nitrogens with zero attached hydrogens (tertiary/aromatic N) is 3. The summed E-state index contributed by atoms with van der Waals surface area (Å²) >= 11 is 0. The predicted octanol–water partition coefficient (Wildman–Crippen LogP) is 3.91. The molecule has 0 fully saturated rings. The molecule has 5 nitrogen and oxygen atoms in total. The first-order chi connectivity index (χ1) is 12.1. The number of rotatable bonds is 2. The molecule has 2 aromatic heterocycles. The summed E-state index contributed by atoms with van der Waals surface area (Å²) in [6.07, 6.45) is 5.23. The third kappa shape index (κ3) is 4.85. The maximum Gasteiger partial charge on any atom is 0.354 e. The van der Waals surface area contributed by atoms with Gasteiger partial charge in [0.25, 0.3) is 0 Å². The van der Waals surface area contributed by atoms with E-state index in [1.54, 1.807) is 23.1 Å². The quantitative estimate of drug-likeness (QED) is 0.406. The number of carboxylic acids is 1. The van der Waals surface area contributed by atoms with E-state index in [1.165, 1.54) is 5.56 Å². The van der Waals surface area contributed by atoms with Crippen molar-refractivity contribution in [2.45, 2.75) is 6.92 Å². The summed E-state index contributed by atoms with van der Waals surface area (Å²) in [7, 11) is 0. The summed E-state index contributed by atoms with van der Waals surface area (Å²) in [5.74, 6) is -0.995. The molecule has 0 saturated carbocycles. The fourth-order valence-corrected chi connectivity index (χ4v) is 2.25. The van der Waals surface area contributed by atoms with Crippen molar-refractivity contribution >= 4 is 16.7 Å². The largest absolute Gasteiger partial charge is 0.477 e. The van der Waals surface area contributed by atoms with Crippen molar-refractivity contribution in [3.8, 4) is 5.69 Å². The van der Waals surface area contributed by atoms with E-state index in [9.17, 15) is 4.79 Å². The van der Waals surface area contributed by atoms with Crippen LogP contribution in [0.1, 0.15) is 16.1 Å². The van der Waals surface area contributed by atoms with Gasteiger partial charge in [-0.15, -0.1) is 6.07 Å². The van der Waals surface area contributed by atoms with Gasteiger partial charge in [0.2, 0.25) is 0 Å². The van der Waals surface area contributed by atoms with Gasteiger partial charge in [-0.05, 0) is 23.2 Å². The van der Waals surface area contributed by atoms with E-state index < -0.39 is 5.97 Å². The zero-order chi connectivity index (χ0) is 17.6. The number of pyridine rings is 1. The van der Waals surface area contributed by atoms with Gasteiger partial charge >= 0.3 is 5.97 Å². The molecular weight excluding hydrogens is 506 g/mol. The van der Waals surface area contributed by atoms with Crippen LogP contribution < -0.4 is 0 Å². The molecule has 0 amide bonds. The number of carbonyl (C=O) groups is 1. The number of hydrogen-bond acceptors (Lipinski definition) is 3. The van der Waals surface area contributed by atoms with Crippen molar-refractivity contribution in [1.82, 2.24) is 14.8 Å². The molecule has 4 rings (SSSR count). The van der Waals surface area contributed by atoms with Crippen LogP contribution in [0.15, 0.2) is 73.2 Å². The van der Waals surface area contributed by atoms with E-state index in [2.05, 4.69) is 16.1 Å². The van der Waals surface area contributed by atoms with Crippen LogP contribution in [0.25, 0.3) is 16.5 Å². The molecule has 6 heteroatoms. The van der Waals surface area contributed by atoms with E-state index in [-0.39, 0.29) is 25.8 Å². The molecule has 1 N–H and O–H groups in total. The number of carboxylic acid groups (broad SMARTS) is 1. The van der Waals surface area contributed by atoms with Crippen LogP contribution in [0.5, 0.6) is 0 Å². The Morgan fingerprint density at radius 1 is 1.12 bits per heavy atom. The molecule has 0 aliphatic carbocycles. The molecule has 4 aromatic rings. The molecule has 0 aliphatic heterocycles. The predicted molar refractivity (Wildman–Crippen MR) is 95.8 cm³/mol. The average molecular weight is 523 g/mol. The summed E-state index contributed by atoms with van der Waals surface area (Å²) in [6.45, 7) is 2.05. The molecule has 0 bridgehead atoms. The monoisotopic (exact) mass is 523 g/mol. The van der Waals surface area contributed by atoms with E-state index in [4.69, 9.17) is 5.11 Å². The van der Waals surface area contributed by atoms with E-state index in [0.29, 0.717) is 0 Å². The molecule has 1 radical (unpaired) electrons. The van der Waals surface area contributed by atoms with Gasteiger partial charge in [-0.2, -0.15) is 28.9 Å². The summed E-state index contributed by atoms with van der Waals surface area (Å²) in [4.78, 5) is 14.4. The number of hydrogen-bond donors (Lipinski definition) is 1. The van der Waals surface area contributed by atoms with Crippen LogP contribution in [0.4, 0.5) is 0 Å². The van der Waals surface area contributed by atoms with Crippen molar-refractivity contribution in [2.24, 2.45) is 0 Å². The van der Waals surface area contributed by atoms with Gasteiger partial charge in [0.15, 0.2) is 0 Å². The minimum Gasteiger partial charge on any atom is -0.477 e. The average Bonchev–Trinajstić information content (AvgIpc) is 3.17. The Hall–Kier alpha value is -2.82. The van der Waals surface area contributed by atoms with Gasteiger partial charge in [0.05, 0.1) is 0 Å². The standard InChI is InChI=1S/C10H9N2.C10H7NO2.Ir/c1-9-3-5-10(6-4-9)12-8-2-7-11-12;12-10(13)9-5-7-3-1-2-4-8(7)6-11-9;/h2-5,7-8H,1H3;1-6H,(H,12,13);/q-1;;. The Bertz CT molecular complexity index is 984.